The quantitative estimate of drug-likeness (QED) is 0.533. The van der Waals surface area contributed by atoms with Crippen molar-refractivity contribution >= 4 is 0 Å². The van der Waals surface area contributed by atoms with Crippen molar-refractivity contribution in [3.05, 3.63) is 12.2 Å². The van der Waals surface area contributed by atoms with Crippen molar-refractivity contribution in [2.24, 2.45) is 0 Å². The van der Waals surface area contributed by atoms with Gasteiger partial charge >= 0.3 is 0 Å². The van der Waals surface area contributed by atoms with Crippen molar-refractivity contribution in [1.82, 2.24) is 0 Å². The highest BCUT2D eigenvalue weighted by Gasteiger charge is 1.90. The molecule has 0 saturated carbocycles. The van der Waals surface area contributed by atoms with Gasteiger partial charge < -0.3 is 10.2 Å². The Morgan fingerprint density at radius 2 is 2.06 bits per heavy atom. The van der Waals surface area contributed by atoms with Crippen LogP contribution in [0.5, 0.6) is 0 Å². The number of aliphatic hydroxyl groups excluding tert-OH is 2. The van der Waals surface area contributed by atoms with Crippen LogP contribution in [0.2, 0.25) is 0 Å². The Morgan fingerprint density at radius 3 is 2.75 bits per heavy atom. The van der Waals surface area contributed by atoms with Crippen LogP contribution in [0.3, 0.4) is 0 Å². The third-order valence-electron chi connectivity index (χ3n) is 1.70. The zero-order valence-corrected chi connectivity index (χ0v) is 9.24. The Kier molecular flexibility index (Phi) is 10.2. The molecule has 0 rings (SSSR count). The lowest BCUT2D eigenvalue weighted by Gasteiger charge is -1.91. The predicted molar refractivity (Wildman–Crippen MR) is 65.1 cm³/mol. The molecule has 0 aliphatic rings. The molecule has 1 atom stereocenters. The maximum Gasteiger partial charge on any atom is 0.138 e. The van der Waals surface area contributed by atoms with Gasteiger partial charge in [0.15, 0.2) is 0 Å². The summed E-state index contributed by atoms with van der Waals surface area (Å²) >= 11 is 0. The molecule has 0 aromatic heterocycles. The summed E-state index contributed by atoms with van der Waals surface area (Å²) in [6.45, 7) is -0.351. The van der Waals surface area contributed by atoms with Crippen molar-refractivity contribution in [2.45, 2.75) is 31.8 Å². The van der Waals surface area contributed by atoms with Gasteiger partial charge in [-0.1, -0.05) is 23.8 Å². The van der Waals surface area contributed by atoms with Crippen LogP contribution in [-0.2, 0) is 0 Å². The van der Waals surface area contributed by atoms with Gasteiger partial charge in [-0.15, -0.1) is 6.42 Å². The van der Waals surface area contributed by atoms with Crippen LogP contribution in [0.4, 0.5) is 0 Å². The first-order chi connectivity index (χ1) is 7.81. The van der Waals surface area contributed by atoms with E-state index in [-0.39, 0.29) is 6.61 Å². The number of hydrogen-bond donors (Lipinski definition) is 2. The normalized spacial score (nSPS) is 10.8. The first-order valence-electron chi connectivity index (χ1n) is 5.19. The fourth-order valence-electron chi connectivity index (χ4n) is 0.899. The van der Waals surface area contributed by atoms with Gasteiger partial charge in [0.1, 0.15) is 6.10 Å². The monoisotopic (exact) mass is 216 g/mol. The van der Waals surface area contributed by atoms with E-state index in [2.05, 4.69) is 29.6 Å². The van der Waals surface area contributed by atoms with E-state index in [0.717, 1.165) is 25.7 Å². The van der Waals surface area contributed by atoms with E-state index in [0.29, 0.717) is 0 Å². The van der Waals surface area contributed by atoms with Crippen LogP contribution >= 0.6 is 0 Å². The standard InChI is InChI=1S/C14H16O2/c1-2-3-4-5-6-7-8-9-10-11-12-14(16)13-15/h1,3-4,14-16H,5-8,13H2/b4-3+/t14-/m0/s1. The molecular formula is C14H16O2. The summed E-state index contributed by atoms with van der Waals surface area (Å²) in [6.07, 6.45) is 11.5. The predicted octanol–water partition coefficient (Wildman–Crippen LogP) is 1.10. The highest BCUT2D eigenvalue weighted by atomic mass is 16.3. The van der Waals surface area contributed by atoms with Crippen LogP contribution in [0.25, 0.3) is 0 Å². The van der Waals surface area contributed by atoms with Crippen molar-refractivity contribution in [1.29, 1.82) is 0 Å². The van der Waals surface area contributed by atoms with E-state index in [1.807, 2.05) is 6.08 Å². The smallest absolute Gasteiger partial charge is 0.138 e. The molecule has 0 amide bonds. The fourth-order valence-corrected chi connectivity index (χ4v) is 0.899. The maximum atomic E-state index is 8.87. The average molecular weight is 216 g/mol. The highest BCUT2D eigenvalue weighted by molar-refractivity contribution is 5.27. The Balaban J connectivity index is 3.51. The summed E-state index contributed by atoms with van der Waals surface area (Å²) in [5.41, 5.74) is 0. The second-order valence-electron chi connectivity index (χ2n) is 3.08. The Labute approximate surface area is 97.4 Å². The van der Waals surface area contributed by atoms with Crippen molar-refractivity contribution in [2.75, 3.05) is 6.61 Å². The number of allylic oxidation sites excluding steroid dienone is 2. The minimum atomic E-state index is -0.983. The van der Waals surface area contributed by atoms with Crippen LogP contribution in [0, 0.1) is 36.0 Å². The Morgan fingerprint density at radius 1 is 1.25 bits per heavy atom. The highest BCUT2D eigenvalue weighted by Crippen LogP contribution is 1.99. The van der Waals surface area contributed by atoms with Gasteiger partial charge in [0.2, 0.25) is 0 Å². The summed E-state index contributed by atoms with van der Waals surface area (Å²) in [5, 5.41) is 17.3. The molecule has 0 heterocycles. The van der Waals surface area contributed by atoms with Gasteiger partial charge in [0.05, 0.1) is 6.61 Å². The van der Waals surface area contributed by atoms with Crippen LogP contribution in [0.15, 0.2) is 12.2 Å². The molecule has 0 aliphatic carbocycles. The largest absolute Gasteiger partial charge is 0.393 e. The molecule has 2 N–H and O–H groups in total. The van der Waals surface area contributed by atoms with E-state index >= 15 is 0 Å². The molecule has 0 aliphatic heterocycles. The molecule has 0 spiro atoms. The summed E-state index contributed by atoms with van der Waals surface area (Å²) in [7, 11) is 0. The van der Waals surface area contributed by atoms with Gasteiger partial charge in [-0.2, -0.15) is 0 Å². The van der Waals surface area contributed by atoms with Gasteiger partial charge in [0, 0.05) is 6.42 Å². The molecular weight excluding hydrogens is 200 g/mol. The van der Waals surface area contributed by atoms with Gasteiger partial charge in [-0.3, -0.25) is 0 Å². The molecule has 84 valence electrons. The van der Waals surface area contributed by atoms with Crippen molar-refractivity contribution in [3.63, 3.8) is 0 Å². The zero-order valence-electron chi connectivity index (χ0n) is 9.24. The van der Waals surface area contributed by atoms with Gasteiger partial charge in [0.25, 0.3) is 0 Å². The molecule has 2 nitrogen and oxygen atoms in total. The first-order valence-corrected chi connectivity index (χ1v) is 5.19. The minimum absolute atomic E-state index is 0.351. The lowest BCUT2D eigenvalue weighted by Crippen LogP contribution is -2.07. The molecule has 0 aromatic rings. The zero-order chi connectivity index (χ0) is 12.1. The van der Waals surface area contributed by atoms with Crippen LogP contribution in [0.1, 0.15) is 25.7 Å². The number of unbranched alkanes of at least 4 members (excludes halogenated alkanes) is 3. The Bertz CT molecular complexity index is 352. The van der Waals surface area contributed by atoms with E-state index in [1.165, 1.54) is 0 Å². The topological polar surface area (TPSA) is 40.5 Å². The molecule has 0 bridgehead atoms. The second kappa shape index (κ2) is 11.4. The molecule has 2 heteroatoms. The average Bonchev–Trinajstić information content (AvgIpc) is 2.31. The Hall–Kier alpha value is -1.66. The molecule has 0 radical (unpaired) electrons. The van der Waals surface area contributed by atoms with Crippen molar-refractivity contribution in [3.8, 4) is 36.0 Å². The van der Waals surface area contributed by atoms with Crippen molar-refractivity contribution < 1.29 is 10.2 Å². The number of aliphatic hydroxyl groups is 2. The summed E-state index contributed by atoms with van der Waals surface area (Å²) < 4.78 is 0. The lowest BCUT2D eigenvalue weighted by molar-refractivity contribution is 0.138. The van der Waals surface area contributed by atoms with E-state index in [4.69, 9.17) is 16.6 Å². The second-order valence-corrected chi connectivity index (χ2v) is 3.08. The van der Waals surface area contributed by atoms with E-state index in [9.17, 15) is 0 Å². The lowest BCUT2D eigenvalue weighted by atomic mass is 10.2. The van der Waals surface area contributed by atoms with E-state index < -0.39 is 6.10 Å². The summed E-state index contributed by atoms with van der Waals surface area (Å²) in [4.78, 5) is 0. The number of terminal acetylenes is 1. The fraction of sp³-hybridized carbons (Fsp3) is 0.429. The summed E-state index contributed by atoms with van der Waals surface area (Å²) in [5.74, 6) is 12.8. The third-order valence-corrected chi connectivity index (χ3v) is 1.70. The third kappa shape index (κ3) is 10.4. The van der Waals surface area contributed by atoms with Crippen LogP contribution < -0.4 is 0 Å². The summed E-state index contributed by atoms with van der Waals surface area (Å²) in [6, 6.07) is 0. The van der Waals surface area contributed by atoms with Crippen LogP contribution in [-0.4, -0.2) is 22.9 Å². The molecule has 0 saturated heterocycles. The SMILES string of the molecule is C#C/C=C/CCCCC#CC#C[C@H](O)CO. The van der Waals surface area contributed by atoms with Gasteiger partial charge in [-0.25, -0.2) is 0 Å². The van der Waals surface area contributed by atoms with Gasteiger partial charge in [-0.05, 0) is 37.2 Å². The first kappa shape index (κ1) is 14.3. The minimum Gasteiger partial charge on any atom is -0.393 e. The molecule has 0 fully saturated rings. The number of rotatable bonds is 5. The maximum absolute atomic E-state index is 8.87. The molecule has 16 heavy (non-hydrogen) atoms. The van der Waals surface area contributed by atoms with E-state index in [1.54, 1.807) is 6.08 Å². The molecule has 0 unspecified atom stereocenters. The number of hydrogen-bond acceptors (Lipinski definition) is 2. The molecule has 0 aromatic carbocycles.